The van der Waals surface area contributed by atoms with Gasteiger partial charge in [0.2, 0.25) is 0 Å². The third-order valence-electron chi connectivity index (χ3n) is 1.62. The normalized spacial score (nSPS) is 39.7. The molecule has 3 atom stereocenters. The molecule has 0 amide bonds. The minimum absolute atomic E-state index is 0.00995. The van der Waals surface area contributed by atoms with Crippen LogP contribution < -0.4 is 0 Å². The highest BCUT2D eigenvalue weighted by Crippen LogP contribution is 2.18. The molecule has 3 unspecified atom stereocenters. The van der Waals surface area contributed by atoms with E-state index < -0.39 is 12.3 Å². The van der Waals surface area contributed by atoms with Crippen LogP contribution in [-0.4, -0.2) is 12.3 Å². The molecule has 0 spiro atoms. The first-order chi connectivity index (χ1) is 4.70. The van der Waals surface area contributed by atoms with Crippen LogP contribution in [0.1, 0.15) is 19.8 Å². The summed E-state index contributed by atoms with van der Waals surface area (Å²) in [7, 11) is 0. The molecule has 0 N–H and O–H groups in total. The molecule has 2 heteroatoms. The Labute approximate surface area is 59.6 Å². The van der Waals surface area contributed by atoms with Crippen LogP contribution in [0.25, 0.3) is 0 Å². The van der Waals surface area contributed by atoms with E-state index in [1.54, 1.807) is 0 Å². The third-order valence-corrected chi connectivity index (χ3v) is 1.62. The molecular formula is C8H10F2. The second kappa shape index (κ2) is 3.01. The predicted molar refractivity (Wildman–Crippen MR) is 36.0 cm³/mol. The van der Waals surface area contributed by atoms with Gasteiger partial charge in [0, 0.05) is 12.3 Å². The summed E-state index contributed by atoms with van der Waals surface area (Å²) >= 11 is 0. The number of alkyl halides is 2. The minimum atomic E-state index is -1.36. The second-order valence-electron chi connectivity index (χ2n) is 2.69. The van der Waals surface area contributed by atoms with Gasteiger partial charge in [0.05, 0.1) is 0 Å². The smallest absolute Gasteiger partial charge is 0.142 e. The molecule has 1 aliphatic carbocycles. The highest BCUT2D eigenvalue weighted by atomic mass is 19.2. The lowest BCUT2D eigenvalue weighted by Crippen LogP contribution is -2.17. The minimum Gasteiger partial charge on any atom is -0.244 e. The van der Waals surface area contributed by atoms with Crippen LogP contribution in [0, 0.1) is 17.8 Å². The first-order valence-corrected chi connectivity index (χ1v) is 3.46. The largest absolute Gasteiger partial charge is 0.244 e. The van der Waals surface area contributed by atoms with Crippen molar-refractivity contribution in [2.75, 3.05) is 0 Å². The molecule has 0 saturated carbocycles. The van der Waals surface area contributed by atoms with Gasteiger partial charge in [0.15, 0.2) is 0 Å². The fourth-order valence-corrected chi connectivity index (χ4v) is 1.00. The fraction of sp³-hybridized carbons (Fsp3) is 0.750. The second-order valence-corrected chi connectivity index (χ2v) is 2.69. The van der Waals surface area contributed by atoms with Gasteiger partial charge in [-0.25, -0.2) is 8.78 Å². The van der Waals surface area contributed by atoms with E-state index in [4.69, 9.17) is 0 Å². The van der Waals surface area contributed by atoms with Crippen LogP contribution in [0.2, 0.25) is 0 Å². The van der Waals surface area contributed by atoms with Gasteiger partial charge in [-0.2, -0.15) is 0 Å². The molecule has 0 nitrogen and oxygen atoms in total. The molecule has 0 aromatic carbocycles. The van der Waals surface area contributed by atoms with E-state index in [0.717, 1.165) is 0 Å². The molecule has 10 heavy (non-hydrogen) atoms. The van der Waals surface area contributed by atoms with Crippen molar-refractivity contribution < 1.29 is 8.78 Å². The molecule has 0 heterocycles. The van der Waals surface area contributed by atoms with Crippen LogP contribution in [0.15, 0.2) is 0 Å². The molecule has 0 fully saturated rings. The van der Waals surface area contributed by atoms with E-state index >= 15 is 0 Å². The zero-order chi connectivity index (χ0) is 7.56. The highest BCUT2D eigenvalue weighted by Gasteiger charge is 2.22. The quantitative estimate of drug-likeness (QED) is 0.457. The van der Waals surface area contributed by atoms with Gasteiger partial charge in [-0.1, -0.05) is 18.8 Å². The number of halogens is 2. The predicted octanol–water partition coefficient (Wildman–Crippen LogP) is 2.10. The van der Waals surface area contributed by atoms with Gasteiger partial charge in [0.1, 0.15) is 12.3 Å². The first kappa shape index (κ1) is 7.53. The van der Waals surface area contributed by atoms with Crippen molar-refractivity contribution in [2.24, 2.45) is 5.92 Å². The lowest BCUT2D eigenvalue weighted by atomic mass is 10.0. The van der Waals surface area contributed by atoms with Gasteiger partial charge in [-0.15, -0.1) is 0 Å². The van der Waals surface area contributed by atoms with Crippen molar-refractivity contribution in [3.63, 3.8) is 0 Å². The van der Waals surface area contributed by atoms with Crippen LogP contribution in [-0.2, 0) is 0 Å². The van der Waals surface area contributed by atoms with Crippen molar-refractivity contribution in [1.29, 1.82) is 0 Å². The summed E-state index contributed by atoms with van der Waals surface area (Å²) in [6.45, 7) is 1.82. The number of rotatable bonds is 0. The first-order valence-electron chi connectivity index (χ1n) is 3.46. The Morgan fingerprint density at radius 1 is 1.30 bits per heavy atom. The van der Waals surface area contributed by atoms with Crippen LogP contribution in [0.4, 0.5) is 8.78 Å². The Kier molecular flexibility index (Phi) is 2.26. The van der Waals surface area contributed by atoms with Crippen molar-refractivity contribution >= 4 is 0 Å². The molecule has 1 aliphatic rings. The van der Waals surface area contributed by atoms with E-state index in [1.807, 2.05) is 6.92 Å². The Hall–Kier alpha value is -0.580. The average Bonchev–Trinajstić information content (AvgIpc) is 1.96. The topological polar surface area (TPSA) is 0 Å². The zero-order valence-corrected chi connectivity index (χ0v) is 5.90. The van der Waals surface area contributed by atoms with Gasteiger partial charge >= 0.3 is 0 Å². The maximum Gasteiger partial charge on any atom is 0.142 e. The van der Waals surface area contributed by atoms with E-state index in [1.165, 1.54) is 0 Å². The molecular weight excluding hydrogens is 134 g/mol. The van der Waals surface area contributed by atoms with Gasteiger partial charge in [0.25, 0.3) is 0 Å². The van der Waals surface area contributed by atoms with Crippen LogP contribution in [0.5, 0.6) is 0 Å². The fourth-order valence-electron chi connectivity index (χ4n) is 1.00. The van der Waals surface area contributed by atoms with Gasteiger partial charge in [-0.3, -0.25) is 0 Å². The van der Waals surface area contributed by atoms with Crippen molar-refractivity contribution in [1.82, 2.24) is 0 Å². The molecule has 0 saturated heterocycles. The lowest BCUT2D eigenvalue weighted by Gasteiger charge is -2.09. The molecule has 0 aromatic heterocycles. The van der Waals surface area contributed by atoms with E-state index in [2.05, 4.69) is 11.8 Å². The molecule has 0 aromatic rings. The molecule has 0 bridgehead atoms. The standard InChI is InChI=1S/C8H10F2/c1-6-3-2-4-7(9)8(10)5-6/h6-8H,4-5H2,1H3. The number of hydrogen-bond acceptors (Lipinski definition) is 0. The molecule has 1 rings (SSSR count). The summed E-state index contributed by atoms with van der Waals surface area (Å²) in [6, 6.07) is 0. The van der Waals surface area contributed by atoms with Crippen LogP contribution in [0.3, 0.4) is 0 Å². The summed E-state index contributed by atoms with van der Waals surface area (Å²) in [5, 5.41) is 0. The summed E-state index contributed by atoms with van der Waals surface area (Å²) in [5.41, 5.74) is 0. The van der Waals surface area contributed by atoms with Crippen LogP contribution >= 0.6 is 0 Å². The van der Waals surface area contributed by atoms with E-state index in [-0.39, 0.29) is 18.8 Å². The Morgan fingerprint density at radius 3 is 2.70 bits per heavy atom. The molecule has 0 radical (unpaired) electrons. The summed E-state index contributed by atoms with van der Waals surface area (Å²) in [6.07, 6.45) is -2.38. The Bertz CT molecular complexity index is 166. The summed E-state index contributed by atoms with van der Waals surface area (Å²) in [5.74, 6) is 5.40. The zero-order valence-electron chi connectivity index (χ0n) is 5.90. The Morgan fingerprint density at radius 2 is 2.00 bits per heavy atom. The summed E-state index contributed by atoms with van der Waals surface area (Å²) < 4.78 is 25.2. The van der Waals surface area contributed by atoms with E-state index in [9.17, 15) is 8.78 Å². The van der Waals surface area contributed by atoms with Gasteiger partial charge < -0.3 is 0 Å². The third kappa shape index (κ3) is 1.70. The lowest BCUT2D eigenvalue weighted by molar-refractivity contribution is 0.156. The molecule has 56 valence electrons. The maximum atomic E-state index is 12.6. The average molecular weight is 144 g/mol. The van der Waals surface area contributed by atoms with Gasteiger partial charge in [-0.05, 0) is 6.42 Å². The monoisotopic (exact) mass is 144 g/mol. The molecule has 0 aliphatic heterocycles. The SMILES string of the molecule is CC1C#CCC(F)C(F)C1. The van der Waals surface area contributed by atoms with E-state index in [0.29, 0.717) is 0 Å². The van der Waals surface area contributed by atoms with Crippen molar-refractivity contribution in [2.45, 2.75) is 32.1 Å². The van der Waals surface area contributed by atoms with Crippen molar-refractivity contribution in [3.05, 3.63) is 0 Å². The van der Waals surface area contributed by atoms with Crippen molar-refractivity contribution in [3.8, 4) is 11.8 Å². The number of hydrogen-bond donors (Lipinski definition) is 0. The summed E-state index contributed by atoms with van der Waals surface area (Å²) in [4.78, 5) is 0. The Balaban J connectivity index is 2.55. The highest BCUT2D eigenvalue weighted by molar-refractivity contribution is 5.07. The maximum absolute atomic E-state index is 12.6.